The molecule has 1 fully saturated rings. The molecule has 0 heterocycles. The molecular weight excluding hydrogens is 372 g/mol. The number of hydrogen-bond acceptors (Lipinski definition) is 2. The van der Waals surface area contributed by atoms with Gasteiger partial charge in [-0.3, -0.25) is 9.59 Å². The first-order valence-electron chi connectivity index (χ1n) is 10.3. The predicted octanol–water partition coefficient (Wildman–Crippen LogP) is 5.08. The second-order valence-corrected chi connectivity index (χ2v) is 7.87. The molecule has 1 saturated carbocycles. The Morgan fingerprint density at radius 2 is 1.26 bits per heavy atom. The van der Waals surface area contributed by atoms with Crippen LogP contribution in [0.4, 0.5) is 0 Å². The molecule has 0 spiro atoms. The molecule has 0 radical (unpaired) electrons. The molecule has 27 heavy (non-hydrogen) atoms. The minimum atomic E-state index is 0. The molecule has 1 aliphatic rings. The van der Waals surface area contributed by atoms with Crippen molar-refractivity contribution in [1.29, 1.82) is 0 Å². The van der Waals surface area contributed by atoms with E-state index in [1.54, 1.807) is 0 Å². The van der Waals surface area contributed by atoms with Crippen molar-refractivity contribution in [3.8, 4) is 0 Å². The fraction of sp³-hybridized carbons (Fsp3) is 0.818. The minimum Gasteiger partial charge on any atom is -0.356 e. The van der Waals surface area contributed by atoms with Gasteiger partial charge in [0.25, 0.3) is 0 Å². The average Bonchev–Trinajstić information content (AvgIpc) is 2.61. The van der Waals surface area contributed by atoms with Crippen LogP contribution in [0.25, 0.3) is 0 Å². The maximum atomic E-state index is 10.8. The third-order valence-electron chi connectivity index (χ3n) is 4.74. The van der Waals surface area contributed by atoms with Crippen LogP contribution < -0.4 is 10.6 Å². The number of amides is 2. The maximum absolute atomic E-state index is 10.8. The molecule has 0 aliphatic heterocycles. The van der Waals surface area contributed by atoms with Crippen LogP contribution in [0.1, 0.15) is 92.4 Å². The molecule has 158 valence electrons. The molecule has 0 aromatic carbocycles. The van der Waals surface area contributed by atoms with Gasteiger partial charge in [-0.25, -0.2) is 0 Å². The van der Waals surface area contributed by atoms with Crippen molar-refractivity contribution >= 4 is 12.8 Å². The van der Waals surface area contributed by atoms with Crippen molar-refractivity contribution in [3.63, 3.8) is 0 Å². The van der Waals surface area contributed by atoms with Gasteiger partial charge in [-0.2, -0.15) is 12.8 Å². The Kier molecular flexibility index (Phi) is 23.7. The van der Waals surface area contributed by atoms with E-state index in [4.69, 9.17) is 0 Å². The van der Waals surface area contributed by atoms with Crippen molar-refractivity contribution in [2.45, 2.75) is 104 Å². The Hall–Kier alpha value is -0.346. The van der Waals surface area contributed by atoms with Gasteiger partial charge in [-0.05, 0) is 30.6 Å². The van der Waals surface area contributed by atoms with Crippen molar-refractivity contribution in [2.75, 3.05) is 0 Å². The van der Waals surface area contributed by atoms with Crippen molar-refractivity contribution < 1.29 is 31.3 Å². The van der Waals surface area contributed by atoms with Gasteiger partial charge >= 0.3 is 21.7 Å². The Balaban J connectivity index is -0.000000543. The zero-order valence-electron chi connectivity index (χ0n) is 18.5. The monoisotopic (exact) mass is 416 g/mol. The van der Waals surface area contributed by atoms with Crippen molar-refractivity contribution in [2.24, 2.45) is 11.3 Å². The summed E-state index contributed by atoms with van der Waals surface area (Å²) in [5.74, 6) is 0.355. The van der Waals surface area contributed by atoms with Gasteiger partial charge in [0.2, 0.25) is 12.8 Å². The van der Waals surface area contributed by atoms with Gasteiger partial charge in [0.1, 0.15) is 0 Å². The van der Waals surface area contributed by atoms with Crippen LogP contribution in [-0.2, 0) is 31.3 Å². The summed E-state index contributed by atoms with van der Waals surface area (Å²) in [7, 11) is 0. The zero-order chi connectivity index (χ0) is 20.4. The molecule has 2 atom stereocenters. The molecule has 2 N–H and O–H groups in total. The minimum absolute atomic E-state index is 0. The Labute approximate surface area is 184 Å². The SMILES string of the molecule is CCCCC1C(NC=O)CC(C)(C)CC1NC=O.[CH2-]CCC.[CH2-]CCC.[Ti+2]. The first kappa shape index (κ1) is 31.4. The van der Waals surface area contributed by atoms with E-state index in [1.807, 2.05) is 0 Å². The number of nitrogens with one attached hydrogen (secondary N) is 2. The van der Waals surface area contributed by atoms with Gasteiger partial charge in [0.05, 0.1) is 0 Å². The third-order valence-corrected chi connectivity index (χ3v) is 4.74. The molecule has 0 saturated heterocycles. The van der Waals surface area contributed by atoms with Crippen molar-refractivity contribution in [1.82, 2.24) is 10.6 Å². The van der Waals surface area contributed by atoms with Crippen LogP contribution in [-0.4, -0.2) is 24.9 Å². The summed E-state index contributed by atoms with van der Waals surface area (Å²) >= 11 is 0. The van der Waals surface area contributed by atoms with Crippen molar-refractivity contribution in [3.05, 3.63) is 13.8 Å². The number of rotatable bonds is 9. The Bertz CT molecular complexity index is 308. The van der Waals surface area contributed by atoms with Gasteiger partial charge in [0.15, 0.2) is 0 Å². The summed E-state index contributed by atoms with van der Waals surface area (Å²) in [6.07, 6.45) is 11.4. The topological polar surface area (TPSA) is 58.2 Å². The molecule has 0 aromatic rings. The zero-order valence-corrected chi connectivity index (χ0v) is 20.0. The van der Waals surface area contributed by atoms with Crippen LogP contribution in [0, 0.1) is 25.2 Å². The fourth-order valence-electron chi connectivity index (χ4n) is 3.24. The third kappa shape index (κ3) is 16.3. The van der Waals surface area contributed by atoms with E-state index in [2.05, 4.69) is 59.1 Å². The van der Waals surface area contributed by atoms with E-state index in [0.717, 1.165) is 57.8 Å². The van der Waals surface area contributed by atoms with E-state index in [0.29, 0.717) is 5.92 Å². The number of hydrogen-bond donors (Lipinski definition) is 2. The summed E-state index contributed by atoms with van der Waals surface area (Å²) in [5.41, 5.74) is 0.157. The first-order chi connectivity index (χ1) is 12.4. The summed E-state index contributed by atoms with van der Waals surface area (Å²) in [4.78, 5) is 21.5. The Morgan fingerprint density at radius 3 is 1.52 bits per heavy atom. The Morgan fingerprint density at radius 1 is 0.889 bits per heavy atom. The second kappa shape index (κ2) is 20.4. The number of carbonyl (C=O) groups excluding carboxylic acids is 2. The second-order valence-electron chi connectivity index (χ2n) is 7.87. The average molecular weight is 416 g/mol. The van der Waals surface area contributed by atoms with Crippen LogP contribution in [0.3, 0.4) is 0 Å². The summed E-state index contributed by atoms with van der Waals surface area (Å²) in [6, 6.07) is 0.352. The summed E-state index contributed by atoms with van der Waals surface area (Å²) < 4.78 is 0. The van der Waals surface area contributed by atoms with Crippen LogP contribution >= 0.6 is 0 Å². The van der Waals surface area contributed by atoms with Gasteiger partial charge in [-0.1, -0.05) is 60.3 Å². The molecule has 0 bridgehead atoms. The molecule has 1 aliphatic carbocycles. The first-order valence-corrected chi connectivity index (χ1v) is 10.3. The van der Waals surface area contributed by atoms with E-state index in [9.17, 15) is 9.59 Å². The molecule has 5 heteroatoms. The molecule has 1 rings (SSSR count). The smallest absolute Gasteiger partial charge is 0.356 e. The van der Waals surface area contributed by atoms with Gasteiger partial charge < -0.3 is 24.5 Å². The molecule has 4 nitrogen and oxygen atoms in total. The largest absolute Gasteiger partial charge is 2.00 e. The quantitative estimate of drug-likeness (QED) is 0.313. The van der Waals surface area contributed by atoms with E-state index < -0.39 is 0 Å². The van der Waals surface area contributed by atoms with Gasteiger partial charge in [-0.15, -0.1) is 0 Å². The van der Waals surface area contributed by atoms with Crippen LogP contribution in [0.2, 0.25) is 0 Å². The molecule has 2 amide bonds. The summed E-state index contributed by atoms with van der Waals surface area (Å²) in [6.45, 7) is 18.0. The van der Waals surface area contributed by atoms with Crippen LogP contribution in [0.15, 0.2) is 0 Å². The standard InChI is InChI=1S/C14H26N2O2.2C4H9.Ti/c1-4-5-6-11-12(15-9-17)7-14(2,3)8-13(11)16-10-18;2*1-3-4-2;/h9-13H,4-8H2,1-3H3,(H,15,17)(H,16,18);2*1,3-4H2,2H3;/q;2*-1;+2. The summed E-state index contributed by atoms with van der Waals surface area (Å²) in [5, 5.41) is 5.90. The molecule has 2 unspecified atom stereocenters. The van der Waals surface area contributed by atoms with Crippen LogP contribution in [0.5, 0.6) is 0 Å². The number of carbonyl (C=O) groups is 2. The normalized spacial score (nSPS) is 22.6. The fourth-order valence-corrected chi connectivity index (χ4v) is 3.24. The van der Waals surface area contributed by atoms with Gasteiger partial charge in [0, 0.05) is 12.1 Å². The predicted molar refractivity (Wildman–Crippen MR) is 113 cm³/mol. The molecular formula is C22H44N2O2Ti. The maximum Gasteiger partial charge on any atom is 2.00 e. The van der Waals surface area contributed by atoms with E-state index >= 15 is 0 Å². The van der Waals surface area contributed by atoms with E-state index in [1.165, 1.54) is 12.8 Å². The number of unbranched alkanes of at least 4 members (excludes halogenated alkanes) is 3. The molecule has 0 aromatic heterocycles. The van der Waals surface area contributed by atoms with E-state index in [-0.39, 0.29) is 39.2 Å².